The Kier molecular flexibility index (Phi) is 5.79. The molecule has 1 amide bonds. The van der Waals surface area contributed by atoms with Crippen LogP contribution in [-0.4, -0.2) is 51.8 Å². The van der Waals surface area contributed by atoms with Gasteiger partial charge in [0.15, 0.2) is 5.69 Å². The normalized spacial score (nSPS) is 15.8. The van der Waals surface area contributed by atoms with Crippen molar-refractivity contribution < 1.29 is 4.79 Å². The minimum atomic E-state index is -0.246. The number of rotatable bonds is 4. The summed E-state index contributed by atoms with van der Waals surface area (Å²) in [5, 5.41) is 23.7. The zero-order valence-corrected chi connectivity index (χ0v) is 21.9. The van der Waals surface area contributed by atoms with E-state index >= 15 is 0 Å². The third-order valence-corrected chi connectivity index (χ3v) is 6.83. The molecule has 0 spiro atoms. The maximum Gasteiger partial charge on any atom is 0.273 e. The van der Waals surface area contributed by atoms with Crippen molar-refractivity contribution in [3.05, 3.63) is 72.1 Å². The Bertz CT molecular complexity index is 1640. The molecular weight excluding hydrogens is 480 g/mol. The molecule has 4 aromatic heterocycles. The first-order valence-electron chi connectivity index (χ1n) is 12.7. The van der Waals surface area contributed by atoms with E-state index in [1.54, 1.807) is 28.0 Å². The molecule has 1 aliphatic rings. The highest BCUT2D eigenvalue weighted by Crippen LogP contribution is 2.31. The quantitative estimate of drug-likeness (QED) is 0.381. The van der Waals surface area contributed by atoms with Crippen LogP contribution in [0.5, 0.6) is 0 Å². The maximum absolute atomic E-state index is 13.1. The molecule has 11 nitrogen and oxygen atoms in total. The van der Waals surface area contributed by atoms with Crippen LogP contribution in [0.3, 0.4) is 0 Å². The molecule has 11 heteroatoms. The Morgan fingerprint density at radius 3 is 2.74 bits per heavy atom. The average molecular weight is 511 g/mol. The van der Waals surface area contributed by atoms with E-state index < -0.39 is 0 Å². The fourth-order valence-electron chi connectivity index (χ4n) is 4.78. The third kappa shape index (κ3) is 4.45. The number of aryl methyl sites for hydroxylation is 1. The van der Waals surface area contributed by atoms with Gasteiger partial charge in [-0.3, -0.25) is 9.48 Å². The van der Waals surface area contributed by atoms with Crippen LogP contribution in [-0.2, 0) is 19.1 Å². The standard InChI is InChI=1S/C27H30N10O/c1-27(2,3)37-16-23(33-34-37)26(38)32-21-7-9-28-12-18-11-17(5-6-20(18)21)25-24-8-10-29-36(24)15-22(31-25)19-13-30-35(4)14-19/h5-6,8,10-11,13-16,21,28H,7,9,12H2,1-4H3,(H,32,38)/t21-/m1/s1. The maximum atomic E-state index is 13.1. The molecule has 1 aliphatic heterocycles. The lowest BCUT2D eigenvalue weighted by molar-refractivity contribution is 0.0930. The van der Waals surface area contributed by atoms with Crippen LogP contribution in [0.4, 0.5) is 0 Å². The topological polar surface area (TPSA) is 120 Å². The second kappa shape index (κ2) is 9.18. The van der Waals surface area contributed by atoms with Crippen LogP contribution in [0.25, 0.3) is 28.0 Å². The highest BCUT2D eigenvalue weighted by atomic mass is 16.2. The molecular formula is C27H30N10O. The van der Waals surface area contributed by atoms with E-state index in [-0.39, 0.29) is 17.5 Å². The van der Waals surface area contributed by atoms with Crippen molar-refractivity contribution in [2.24, 2.45) is 7.05 Å². The van der Waals surface area contributed by atoms with E-state index in [2.05, 4.69) is 49.3 Å². The number of aromatic nitrogens is 8. The number of hydrogen-bond acceptors (Lipinski definition) is 7. The molecule has 5 aromatic rings. The number of carbonyl (C=O) groups is 1. The van der Waals surface area contributed by atoms with Gasteiger partial charge in [-0.2, -0.15) is 10.2 Å². The lowest BCUT2D eigenvalue weighted by atomic mass is 9.95. The van der Waals surface area contributed by atoms with Gasteiger partial charge in [0, 0.05) is 30.9 Å². The Hall–Kier alpha value is -4.38. The molecule has 1 aromatic carbocycles. The lowest BCUT2D eigenvalue weighted by Crippen LogP contribution is -2.30. The van der Waals surface area contributed by atoms with Gasteiger partial charge in [-0.25, -0.2) is 14.2 Å². The van der Waals surface area contributed by atoms with Gasteiger partial charge in [0.05, 0.1) is 53.3 Å². The SMILES string of the molecule is Cn1cc(-c2cn3nccc3c(-c3ccc4c(c3)CNCC[C@H]4NC(=O)c3cn(C(C)(C)C)nn3)n2)cn1. The number of fused-ring (bicyclic) bond motifs is 2. The fourth-order valence-corrected chi connectivity index (χ4v) is 4.78. The predicted molar refractivity (Wildman–Crippen MR) is 142 cm³/mol. The van der Waals surface area contributed by atoms with Gasteiger partial charge in [0.25, 0.3) is 5.91 Å². The van der Waals surface area contributed by atoms with Gasteiger partial charge in [-0.05, 0) is 57.0 Å². The number of benzene rings is 1. The summed E-state index contributed by atoms with van der Waals surface area (Å²) >= 11 is 0. The van der Waals surface area contributed by atoms with Gasteiger partial charge < -0.3 is 10.6 Å². The molecule has 194 valence electrons. The second-order valence-electron chi connectivity index (χ2n) is 10.7. The van der Waals surface area contributed by atoms with Gasteiger partial charge in [0.1, 0.15) is 0 Å². The monoisotopic (exact) mass is 510 g/mol. The number of nitrogens with one attached hydrogen (secondary N) is 2. The van der Waals surface area contributed by atoms with Crippen molar-refractivity contribution in [2.45, 2.75) is 45.3 Å². The van der Waals surface area contributed by atoms with E-state index in [0.29, 0.717) is 12.2 Å². The van der Waals surface area contributed by atoms with Crippen LogP contribution < -0.4 is 10.6 Å². The smallest absolute Gasteiger partial charge is 0.273 e. The number of amides is 1. The van der Waals surface area contributed by atoms with Crippen LogP contribution in [0.15, 0.2) is 55.2 Å². The number of carbonyl (C=O) groups excluding carboxylic acids is 1. The van der Waals surface area contributed by atoms with Crippen LogP contribution in [0.2, 0.25) is 0 Å². The second-order valence-corrected chi connectivity index (χ2v) is 10.7. The number of nitrogens with zero attached hydrogens (tertiary/aromatic N) is 8. The zero-order chi connectivity index (χ0) is 26.4. The summed E-state index contributed by atoms with van der Waals surface area (Å²) in [5.74, 6) is -0.228. The molecule has 6 rings (SSSR count). The van der Waals surface area contributed by atoms with E-state index in [9.17, 15) is 4.79 Å². The van der Waals surface area contributed by atoms with Gasteiger partial charge in [0.2, 0.25) is 0 Å². The Morgan fingerprint density at radius 1 is 1.11 bits per heavy atom. The Labute approximate surface area is 219 Å². The minimum Gasteiger partial charge on any atom is -0.344 e. The van der Waals surface area contributed by atoms with Gasteiger partial charge >= 0.3 is 0 Å². The first kappa shape index (κ1) is 24.0. The highest BCUT2D eigenvalue weighted by Gasteiger charge is 2.24. The Morgan fingerprint density at radius 2 is 1.97 bits per heavy atom. The molecule has 0 saturated carbocycles. The summed E-state index contributed by atoms with van der Waals surface area (Å²) < 4.78 is 5.32. The molecule has 0 unspecified atom stereocenters. The van der Waals surface area contributed by atoms with E-state index in [1.165, 1.54) is 0 Å². The summed E-state index contributed by atoms with van der Waals surface area (Å²) in [6.07, 6.45) is 9.91. The molecule has 2 N–H and O–H groups in total. The van der Waals surface area contributed by atoms with Crippen molar-refractivity contribution in [1.82, 2.24) is 50.0 Å². The zero-order valence-electron chi connectivity index (χ0n) is 21.9. The largest absolute Gasteiger partial charge is 0.344 e. The molecule has 0 bridgehead atoms. The van der Waals surface area contributed by atoms with Gasteiger partial charge in [-0.15, -0.1) is 5.10 Å². The highest BCUT2D eigenvalue weighted by molar-refractivity contribution is 5.92. The summed E-state index contributed by atoms with van der Waals surface area (Å²) in [4.78, 5) is 18.1. The van der Waals surface area contributed by atoms with Crippen LogP contribution >= 0.6 is 0 Å². The first-order chi connectivity index (χ1) is 18.3. The minimum absolute atomic E-state index is 0.147. The van der Waals surface area contributed by atoms with Crippen molar-refractivity contribution in [3.63, 3.8) is 0 Å². The van der Waals surface area contributed by atoms with E-state index in [4.69, 9.17) is 4.98 Å². The van der Waals surface area contributed by atoms with Crippen molar-refractivity contribution in [3.8, 4) is 22.5 Å². The average Bonchev–Trinajstić information content (AvgIpc) is 3.63. The van der Waals surface area contributed by atoms with Crippen LogP contribution in [0.1, 0.15) is 54.8 Å². The molecule has 5 heterocycles. The molecule has 1 atom stereocenters. The first-order valence-corrected chi connectivity index (χ1v) is 12.7. The molecule has 0 fully saturated rings. The fraction of sp³-hybridized carbons (Fsp3) is 0.333. The molecule has 0 radical (unpaired) electrons. The molecule has 0 saturated heterocycles. The predicted octanol–water partition coefficient (Wildman–Crippen LogP) is 3.11. The van der Waals surface area contributed by atoms with Gasteiger partial charge in [-0.1, -0.05) is 17.3 Å². The third-order valence-electron chi connectivity index (χ3n) is 6.83. The molecule has 0 aliphatic carbocycles. The summed E-state index contributed by atoms with van der Waals surface area (Å²) in [7, 11) is 1.89. The summed E-state index contributed by atoms with van der Waals surface area (Å²) in [6, 6.07) is 8.14. The van der Waals surface area contributed by atoms with Crippen molar-refractivity contribution in [1.29, 1.82) is 0 Å². The number of hydrogen-bond donors (Lipinski definition) is 2. The summed E-state index contributed by atoms with van der Waals surface area (Å²) in [5.41, 5.74) is 6.75. The Balaban J connectivity index is 1.34. The summed E-state index contributed by atoms with van der Waals surface area (Å²) in [6.45, 7) is 7.55. The van der Waals surface area contributed by atoms with Crippen molar-refractivity contribution in [2.75, 3.05) is 6.54 Å². The lowest BCUT2D eigenvalue weighted by Gasteiger charge is -2.19. The van der Waals surface area contributed by atoms with Crippen LogP contribution in [0, 0.1) is 0 Å². The molecule has 38 heavy (non-hydrogen) atoms. The van der Waals surface area contributed by atoms with Crippen molar-refractivity contribution >= 4 is 11.4 Å². The van der Waals surface area contributed by atoms with E-state index in [1.807, 2.05) is 50.8 Å². The van der Waals surface area contributed by atoms with E-state index in [0.717, 1.165) is 52.1 Å².